The van der Waals surface area contributed by atoms with Gasteiger partial charge in [0.1, 0.15) is 16.8 Å². The van der Waals surface area contributed by atoms with Crippen molar-refractivity contribution in [2.45, 2.75) is 20.0 Å². The monoisotopic (exact) mass is 320 g/mol. The molecular weight excluding hydrogens is 303 g/mol. The number of amides is 1. The number of morpholine rings is 1. The van der Waals surface area contributed by atoms with Gasteiger partial charge in [-0.2, -0.15) is 0 Å². The minimum Gasteiger partial charge on any atom is -0.370 e. The van der Waals surface area contributed by atoms with Crippen LogP contribution in [0.25, 0.3) is 0 Å². The van der Waals surface area contributed by atoms with Crippen LogP contribution in [0.15, 0.2) is 24.3 Å². The number of aryl methyl sites for hydroxylation is 2. The predicted octanol–water partition coefficient (Wildman–Crippen LogP) is 3.11. The van der Waals surface area contributed by atoms with Crippen LogP contribution in [0.2, 0.25) is 0 Å². The molecule has 22 heavy (non-hydrogen) atoms. The zero-order chi connectivity index (χ0) is 15.7. The fourth-order valence-electron chi connectivity index (χ4n) is 2.59. The maximum Gasteiger partial charge on any atom is 0.266 e. The fraction of sp³-hybridized carbons (Fsp3) is 0.375. The van der Waals surface area contributed by atoms with Gasteiger partial charge in [-0.05, 0) is 31.5 Å². The summed E-state index contributed by atoms with van der Waals surface area (Å²) in [5.74, 6) is -0.276. The first-order chi connectivity index (χ1) is 10.5. The molecule has 2 aromatic rings. The Kier molecular flexibility index (Phi) is 4.22. The Labute approximate surface area is 132 Å². The minimum absolute atomic E-state index is 0.00138. The van der Waals surface area contributed by atoms with E-state index in [4.69, 9.17) is 4.74 Å². The number of thiazole rings is 1. The van der Waals surface area contributed by atoms with Gasteiger partial charge in [0, 0.05) is 6.54 Å². The molecule has 1 aliphatic rings. The first kappa shape index (κ1) is 15.1. The van der Waals surface area contributed by atoms with Gasteiger partial charge in [-0.1, -0.05) is 12.1 Å². The van der Waals surface area contributed by atoms with Crippen molar-refractivity contribution in [2.24, 2.45) is 0 Å². The van der Waals surface area contributed by atoms with Gasteiger partial charge < -0.3 is 9.64 Å². The van der Waals surface area contributed by atoms with Crippen LogP contribution in [0.3, 0.4) is 0 Å². The summed E-state index contributed by atoms with van der Waals surface area (Å²) in [6.45, 7) is 5.27. The van der Waals surface area contributed by atoms with Crippen LogP contribution in [0.4, 0.5) is 4.39 Å². The van der Waals surface area contributed by atoms with Gasteiger partial charge in [0.05, 0.1) is 23.9 Å². The van der Waals surface area contributed by atoms with Crippen molar-refractivity contribution in [3.05, 3.63) is 51.2 Å². The lowest BCUT2D eigenvalue weighted by atomic mass is 10.1. The Morgan fingerprint density at radius 2 is 2.09 bits per heavy atom. The van der Waals surface area contributed by atoms with E-state index in [-0.39, 0.29) is 17.8 Å². The van der Waals surface area contributed by atoms with Crippen molar-refractivity contribution in [2.75, 3.05) is 19.7 Å². The lowest BCUT2D eigenvalue weighted by Gasteiger charge is -2.33. The number of carbonyl (C=O) groups is 1. The van der Waals surface area contributed by atoms with Crippen molar-refractivity contribution < 1.29 is 13.9 Å². The molecule has 0 spiro atoms. The number of aromatic nitrogens is 1. The van der Waals surface area contributed by atoms with Crippen molar-refractivity contribution >= 4 is 17.2 Å². The number of rotatable bonds is 2. The van der Waals surface area contributed by atoms with Gasteiger partial charge >= 0.3 is 0 Å². The Balaban J connectivity index is 1.76. The van der Waals surface area contributed by atoms with E-state index in [1.165, 1.54) is 23.5 Å². The molecule has 1 aromatic carbocycles. The summed E-state index contributed by atoms with van der Waals surface area (Å²) in [5, 5.41) is 0.893. The smallest absolute Gasteiger partial charge is 0.266 e. The first-order valence-electron chi connectivity index (χ1n) is 7.15. The van der Waals surface area contributed by atoms with E-state index in [9.17, 15) is 9.18 Å². The number of ether oxygens (including phenoxy) is 1. The van der Waals surface area contributed by atoms with Crippen molar-refractivity contribution in [3.63, 3.8) is 0 Å². The zero-order valence-corrected chi connectivity index (χ0v) is 13.3. The Morgan fingerprint density at radius 3 is 2.73 bits per heavy atom. The van der Waals surface area contributed by atoms with Crippen molar-refractivity contribution in [3.8, 4) is 0 Å². The molecule has 0 radical (unpaired) electrons. The number of hydrogen-bond donors (Lipinski definition) is 0. The highest BCUT2D eigenvalue weighted by molar-refractivity contribution is 7.13. The number of hydrogen-bond acceptors (Lipinski definition) is 4. The summed E-state index contributed by atoms with van der Waals surface area (Å²) in [6, 6.07) is 6.23. The average molecular weight is 320 g/mol. The second-order valence-electron chi connectivity index (χ2n) is 5.31. The second kappa shape index (κ2) is 6.14. The van der Waals surface area contributed by atoms with Crippen LogP contribution in [0, 0.1) is 19.7 Å². The predicted molar refractivity (Wildman–Crippen MR) is 82.6 cm³/mol. The molecular formula is C16H17FN2O2S. The fourth-order valence-corrected chi connectivity index (χ4v) is 3.47. The lowest BCUT2D eigenvalue weighted by molar-refractivity contribution is -0.0227. The van der Waals surface area contributed by atoms with E-state index < -0.39 is 0 Å². The van der Waals surface area contributed by atoms with Crippen LogP contribution in [-0.4, -0.2) is 35.5 Å². The summed E-state index contributed by atoms with van der Waals surface area (Å²) in [4.78, 5) is 19.4. The highest BCUT2D eigenvalue weighted by atomic mass is 32.1. The van der Waals surface area contributed by atoms with E-state index in [1.807, 2.05) is 13.8 Å². The summed E-state index contributed by atoms with van der Waals surface area (Å²) in [7, 11) is 0. The third kappa shape index (κ3) is 3.03. The number of carbonyl (C=O) groups excluding carboxylic acids is 1. The molecule has 2 heterocycles. The standard InChI is InChI=1S/C16H17FN2O2S/c1-10-15(22-11(2)18-10)16(20)19-7-8-21-14(9-19)12-3-5-13(17)6-4-12/h3-6,14H,7-9H2,1-2H3/t14-/m1/s1. The third-order valence-corrected chi connectivity index (χ3v) is 4.75. The van der Waals surface area contributed by atoms with Crippen LogP contribution in [-0.2, 0) is 4.74 Å². The molecule has 1 aromatic heterocycles. The molecule has 0 aliphatic carbocycles. The SMILES string of the molecule is Cc1nc(C)c(C(=O)N2CCO[C@@H](c3ccc(F)cc3)C2)s1. The van der Waals surface area contributed by atoms with E-state index in [0.29, 0.717) is 24.6 Å². The molecule has 0 unspecified atom stereocenters. The van der Waals surface area contributed by atoms with Crippen LogP contribution in [0.1, 0.15) is 32.0 Å². The quantitative estimate of drug-likeness (QED) is 0.854. The topological polar surface area (TPSA) is 42.4 Å². The van der Waals surface area contributed by atoms with Crippen LogP contribution in [0.5, 0.6) is 0 Å². The molecule has 1 saturated heterocycles. The Bertz CT molecular complexity index is 684. The van der Waals surface area contributed by atoms with E-state index in [1.54, 1.807) is 17.0 Å². The summed E-state index contributed by atoms with van der Waals surface area (Å²) >= 11 is 1.42. The second-order valence-corrected chi connectivity index (χ2v) is 6.51. The van der Waals surface area contributed by atoms with Crippen LogP contribution < -0.4 is 0 Å². The molecule has 0 bridgehead atoms. The average Bonchev–Trinajstić information content (AvgIpc) is 2.86. The highest BCUT2D eigenvalue weighted by Crippen LogP contribution is 2.25. The van der Waals surface area contributed by atoms with Gasteiger partial charge in [-0.25, -0.2) is 9.37 Å². The lowest BCUT2D eigenvalue weighted by Crippen LogP contribution is -2.42. The molecule has 0 N–H and O–H groups in total. The van der Waals surface area contributed by atoms with Gasteiger partial charge in [0.2, 0.25) is 0 Å². The van der Waals surface area contributed by atoms with Gasteiger partial charge in [-0.3, -0.25) is 4.79 Å². The van der Waals surface area contributed by atoms with E-state index in [2.05, 4.69) is 4.98 Å². The highest BCUT2D eigenvalue weighted by Gasteiger charge is 2.28. The Hall–Kier alpha value is -1.79. The number of halogens is 1. The molecule has 1 atom stereocenters. The number of nitrogens with zero attached hydrogens (tertiary/aromatic N) is 2. The largest absolute Gasteiger partial charge is 0.370 e. The minimum atomic E-state index is -0.275. The zero-order valence-electron chi connectivity index (χ0n) is 12.5. The molecule has 116 valence electrons. The molecule has 1 fully saturated rings. The maximum atomic E-state index is 13.0. The summed E-state index contributed by atoms with van der Waals surface area (Å²) < 4.78 is 18.7. The molecule has 0 saturated carbocycles. The summed E-state index contributed by atoms with van der Waals surface area (Å²) in [6.07, 6.45) is -0.215. The molecule has 6 heteroatoms. The number of benzene rings is 1. The van der Waals surface area contributed by atoms with Crippen molar-refractivity contribution in [1.82, 2.24) is 9.88 Å². The molecule has 4 nitrogen and oxygen atoms in total. The Morgan fingerprint density at radius 1 is 1.36 bits per heavy atom. The first-order valence-corrected chi connectivity index (χ1v) is 7.96. The molecule has 1 aliphatic heterocycles. The van der Waals surface area contributed by atoms with E-state index in [0.717, 1.165) is 16.3 Å². The van der Waals surface area contributed by atoms with E-state index >= 15 is 0 Å². The van der Waals surface area contributed by atoms with Gasteiger partial charge in [0.15, 0.2) is 0 Å². The van der Waals surface area contributed by atoms with Gasteiger partial charge in [0.25, 0.3) is 5.91 Å². The van der Waals surface area contributed by atoms with Crippen LogP contribution >= 0.6 is 11.3 Å². The van der Waals surface area contributed by atoms with Gasteiger partial charge in [-0.15, -0.1) is 11.3 Å². The third-order valence-electron chi connectivity index (χ3n) is 3.69. The summed E-state index contributed by atoms with van der Waals surface area (Å²) in [5.41, 5.74) is 1.66. The maximum absolute atomic E-state index is 13.0. The molecule has 1 amide bonds. The molecule has 3 rings (SSSR count). The van der Waals surface area contributed by atoms with Crippen molar-refractivity contribution in [1.29, 1.82) is 0 Å². The normalized spacial score (nSPS) is 18.5.